The highest BCUT2D eigenvalue weighted by Gasteiger charge is 2.43. The smallest absolute Gasteiger partial charge is 0.382 e. The van der Waals surface area contributed by atoms with E-state index >= 15 is 0 Å². The minimum atomic E-state index is -4.60. The molecule has 7 nitrogen and oxygen atoms in total. The lowest BCUT2D eigenvalue weighted by Crippen LogP contribution is -2.51. The molecule has 222 valence electrons. The average molecular weight is 600 g/mol. The number of carbonyl (C=O) groups excluding carboxylic acids is 2. The molecule has 2 N–H and O–H groups in total. The molecule has 1 aliphatic carbocycles. The van der Waals surface area contributed by atoms with Gasteiger partial charge in [0.1, 0.15) is 6.04 Å². The van der Waals surface area contributed by atoms with Gasteiger partial charge in [0.25, 0.3) is 5.91 Å². The molecule has 1 saturated heterocycles. The van der Waals surface area contributed by atoms with E-state index in [1.54, 1.807) is 35.2 Å². The quantitative estimate of drug-likeness (QED) is 0.373. The minimum Gasteiger partial charge on any atom is -0.382 e. The summed E-state index contributed by atoms with van der Waals surface area (Å²) in [5.74, 6) is -1.62. The van der Waals surface area contributed by atoms with Crippen molar-refractivity contribution in [1.29, 1.82) is 0 Å². The van der Waals surface area contributed by atoms with Gasteiger partial charge in [-0.15, -0.1) is 0 Å². The SMILES string of the molecule is O=C(N[C@H]1CCN([C@H]2CC[C@@H](Nc3ccccc3)C[C@@H]2CS(=O)(=O)c2ccccc2)C1=O)c1cccc(C(F)(F)F)c1. The number of carbonyl (C=O) groups is 2. The Hall–Kier alpha value is -3.86. The normalized spacial score (nSPS) is 23.0. The van der Waals surface area contributed by atoms with Crippen LogP contribution in [0.3, 0.4) is 0 Å². The molecule has 0 aromatic heterocycles. The molecule has 42 heavy (non-hydrogen) atoms. The van der Waals surface area contributed by atoms with Crippen LogP contribution in [0.25, 0.3) is 0 Å². The van der Waals surface area contributed by atoms with Gasteiger partial charge in [-0.05, 0) is 74.1 Å². The number of anilines is 1. The summed E-state index contributed by atoms with van der Waals surface area (Å²) < 4.78 is 66.2. The number of hydrogen-bond acceptors (Lipinski definition) is 5. The van der Waals surface area contributed by atoms with Crippen LogP contribution in [0.5, 0.6) is 0 Å². The lowest BCUT2D eigenvalue weighted by Gasteiger charge is -2.41. The molecule has 0 unspecified atom stereocenters. The predicted octanol–water partition coefficient (Wildman–Crippen LogP) is 5.16. The van der Waals surface area contributed by atoms with Crippen LogP contribution < -0.4 is 10.6 Å². The van der Waals surface area contributed by atoms with Crippen LogP contribution in [0.15, 0.2) is 89.8 Å². The zero-order valence-corrected chi connectivity index (χ0v) is 23.6. The molecule has 0 spiro atoms. The van der Waals surface area contributed by atoms with E-state index in [0.29, 0.717) is 25.8 Å². The van der Waals surface area contributed by atoms with Crippen molar-refractivity contribution in [3.8, 4) is 0 Å². The molecule has 2 aliphatic rings. The Morgan fingerprint density at radius 3 is 2.29 bits per heavy atom. The minimum absolute atomic E-state index is 0.00809. The molecule has 11 heteroatoms. The van der Waals surface area contributed by atoms with E-state index in [-0.39, 0.29) is 46.5 Å². The Balaban J connectivity index is 1.32. The largest absolute Gasteiger partial charge is 0.416 e. The first-order chi connectivity index (χ1) is 20.0. The van der Waals surface area contributed by atoms with Gasteiger partial charge in [0.15, 0.2) is 9.84 Å². The summed E-state index contributed by atoms with van der Waals surface area (Å²) in [5, 5.41) is 6.09. The molecule has 3 aromatic carbocycles. The average Bonchev–Trinajstić information content (AvgIpc) is 3.33. The van der Waals surface area contributed by atoms with E-state index < -0.39 is 33.5 Å². The van der Waals surface area contributed by atoms with Crippen LogP contribution in [0.1, 0.15) is 41.6 Å². The number of nitrogens with zero attached hydrogens (tertiary/aromatic N) is 1. The topological polar surface area (TPSA) is 95.6 Å². The van der Waals surface area contributed by atoms with Crippen LogP contribution >= 0.6 is 0 Å². The number of rotatable bonds is 8. The van der Waals surface area contributed by atoms with E-state index in [1.807, 2.05) is 30.3 Å². The molecule has 1 saturated carbocycles. The number of halogens is 3. The maximum Gasteiger partial charge on any atom is 0.416 e. The van der Waals surface area contributed by atoms with Gasteiger partial charge in [-0.2, -0.15) is 13.2 Å². The highest BCUT2D eigenvalue weighted by atomic mass is 32.2. The fourth-order valence-electron chi connectivity index (χ4n) is 5.99. The van der Waals surface area contributed by atoms with E-state index in [2.05, 4.69) is 10.6 Å². The van der Waals surface area contributed by atoms with Crippen molar-refractivity contribution >= 4 is 27.3 Å². The summed E-state index contributed by atoms with van der Waals surface area (Å²) in [7, 11) is -3.65. The predicted molar refractivity (Wildman–Crippen MR) is 153 cm³/mol. The fraction of sp³-hybridized carbons (Fsp3) is 0.355. The number of sulfone groups is 1. The third-order valence-corrected chi connectivity index (χ3v) is 9.88. The van der Waals surface area contributed by atoms with Crippen molar-refractivity contribution in [2.45, 2.75) is 54.9 Å². The van der Waals surface area contributed by atoms with Gasteiger partial charge >= 0.3 is 6.18 Å². The van der Waals surface area contributed by atoms with Crippen molar-refractivity contribution in [1.82, 2.24) is 10.2 Å². The van der Waals surface area contributed by atoms with E-state index in [0.717, 1.165) is 23.9 Å². The van der Waals surface area contributed by atoms with Gasteiger partial charge in [0.2, 0.25) is 5.91 Å². The monoisotopic (exact) mass is 599 g/mol. The Labute approximate surface area is 243 Å². The zero-order valence-electron chi connectivity index (χ0n) is 22.8. The number of hydrogen-bond donors (Lipinski definition) is 2. The van der Waals surface area contributed by atoms with Gasteiger partial charge in [-0.1, -0.05) is 42.5 Å². The van der Waals surface area contributed by atoms with Crippen molar-refractivity contribution in [3.05, 3.63) is 96.1 Å². The summed E-state index contributed by atoms with van der Waals surface area (Å²) >= 11 is 0. The Morgan fingerprint density at radius 2 is 1.60 bits per heavy atom. The molecule has 1 heterocycles. The lowest BCUT2D eigenvalue weighted by molar-refractivity contribution is -0.137. The van der Waals surface area contributed by atoms with Crippen molar-refractivity contribution in [3.63, 3.8) is 0 Å². The standard InChI is InChI=1S/C31H32F3N3O4S/c32-31(33,34)23-9-7-8-21(18-23)29(38)36-27-16-17-37(30(27)39)28-15-14-25(35-24-10-3-1-4-11-24)19-22(28)20-42(40,41)26-12-5-2-6-13-26/h1-13,18,22,25,27-28,35H,14-17,19-20H2,(H,36,38)/t22-,25-,27+,28+/m1/s1. The second-order valence-electron chi connectivity index (χ2n) is 10.9. The number of nitrogens with one attached hydrogen (secondary N) is 2. The first-order valence-corrected chi connectivity index (χ1v) is 15.5. The van der Waals surface area contributed by atoms with Gasteiger partial charge < -0.3 is 15.5 Å². The molecular formula is C31H32F3N3O4S. The van der Waals surface area contributed by atoms with Crippen LogP contribution in [0.2, 0.25) is 0 Å². The third-order valence-electron chi connectivity index (χ3n) is 8.02. The summed E-state index contributed by atoms with van der Waals surface area (Å²) in [6.45, 7) is 0.315. The number of para-hydroxylation sites is 1. The highest BCUT2D eigenvalue weighted by molar-refractivity contribution is 7.91. The van der Waals surface area contributed by atoms with E-state index in [1.165, 1.54) is 6.07 Å². The second kappa shape index (κ2) is 12.2. The lowest BCUT2D eigenvalue weighted by atomic mass is 9.81. The molecule has 0 bridgehead atoms. The summed E-state index contributed by atoms with van der Waals surface area (Å²) in [5.41, 5.74) is -0.200. The van der Waals surface area contributed by atoms with Crippen molar-refractivity contribution in [2.24, 2.45) is 5.92 Å². The number of amides is 2. The zero-order chi connectivity index (χ0) is 29.9. The van der Waals surface area contributed by atoms with Gasteiger partial charge in [0.05, 0.1) is 16.2 Å². The number of alkyl halides is 3. The summed E-state index contributed by atoms with van der Waals surface area (Å²) in [6, 6.07) is 20.7. The van der Waals surface area contributed by atoms with Crippen LogP contribution in [-0.2, 0) is 20.8 Å². The first-order valence-electron chi connectivity index (χ1n) is 13.9. The molecule has 4 atom stereocenters. The van der Waals surface area contributed by atoms with Gasteiger partial charge in [-0.3, -0.25) is 9.59 Å². The molecule has 5 rings (SSSR count). The second-order valence-corrected chi connectivity index (χ2v) is 12.9. The van der Waals surface area contributed by atoms with Crippen molar-refractivity contribution < 1.29 is 31.2 Å². The van der Waals surface area contributed by atoms with E-state index in [9.17, 15) is 31.2 Å². The number of likely N-dealkylation sites (tertiary alicyclic amines) is 1. The van der Waals surface area contributed by atoms with Crippen LogP contribution in [0.4, 0.5) is 18.9 Å². The Morgan fingerprint density at radius 1 is 0.905 bits per heavy atom. The maximum absolute atomic E-state index is 13.5. The maximum atomic E-state index is 13.5. The van der Waals surface area contributed by atoms with Crippen molar-refractivity contribution in [2.75, 3.05) is 17.6 Å². The molecular weight excluding hydrogens is 567 g/mol. The van der Waals surface area contributed by atoms with Crippen LogP contribution in [0, 0.1) is 5.92 Å². The third kappa shape index (κ3) is 6.78. The Bertz CT molecular complexity index is 1520. The molecule has 2 amide bonds. The molecule has 1 aliphatic heterocycles. The van der Waals surface area contributed by atoms with Gasteiger partial charge in [0, 0.05) is 29.9 Å². The fourth-order valence-corrected chi connectivity index (χ4v) is 7.67. The van der Waals surface area contributed by atoms with Crippen LogP contribution in [-0.4, -0.2) is 55.6 Å². The highest BCUT2D eigenvalue weighted by Crippen LogP contribution is 2.35. The summed E-state index contributed by atoms with van der Waals surface area (Å²) in [4.78, 5) is 28.2. The Kier molecular flexibility index (Phi) is 8.58. The number of benzene rings is 3. The first kappa shape index (κ1) is 29.6. The molecule has 3 aromatic rings. The molecule has 2 fully saturated rings. The van der Waals surface area contributed by atoms with E-state index in [4.69, 9.17) is 0 Å². The molecule has 0 radical (unpaired) electrons. The summed E-state index contributed by atoms with van der Waals surface area (Å²) in [6.07, 6.45) is -2.51. The van der Waals surface area contributed by atoms with Gasteiger partial charge in [-0.25, -0.2) is 8.42 Å².